The van der Waals surface area contributed by atoms with E-state index < -0.39 is 6.09 Å². The van der Waals surface area contributed by atoms with Gasteiger partial charge in [-0.15, -0.1) is 0 Å². The molecule has 0 fully saturated rings. The number of aromatic nitrogens is 1. The van der Waals surface area contributed by atoms with E-state index >= 15 is 0 Å². The number of carbonyl (C=O) groups is 1. The molecule has 5 heteroatoms. The van der Waals surface area contributed by atoms with E-state index in [9.17, 15) is 4.79 Å². The van der Waals surface area contributed by atoms with Crippen molar-refractivity contribution in [2.24, 2.45) is 10.7 Å². The van der Waals surface area contributed by atoms with Gasteiger partial charge in [-0.05, 0) is 48.6 Å². The number of benzene rings is 1. The fourth-order valence-corrected chi connectivity index (χ4v) is 2.77. The van der Waals surface area contributed by atoms with Gasteiger partial charge in [0.15, 0.2) is 0 Å². The number of amides is 1. The zero-order chi connectivity index (χ0) is 16.1. The van der Waals surface area contributed by atoms with Crippen molar-refractivity contribution in [1.82, 2.24) is 4.98 Å². The van der Waals surface area contributed by atoms with E-state index in [1.165, 1.54) is 11.1 Å². The second-order valence-electron chi connectivity index (χ2n) is 5.53. The Morgan fingerprint density at radius 1 is 1.22 bits per heavy atom. The third-order valence-electron chi connectivity index (χ3n) is 3.91. The summed E-state index contributed by atoms with van der Waals surface area (Å²) < 4.78 is 4.74. The number of ether oxygens (including phenoxy) is 1. The van der Waals surface area contributed by atoms with E-state index in [0.29, 0.717) is 13.0 Å². The van der Waals surface area contributed by atoms with E-state index in [2.05, 4.69) is 4.98 Å². The van der Waals surface area contributed by atoms with Crippen LogP contribution in [0.5, 0.6) is 0 Å². The van der Waals surface area contributed by atoms with Gasteiger partial charge in [-0.25, -0.2) is 4.79 Å². The first kappa shape index (κ1) is 15.2. The minimum Gasteiger partial charge on any atom is -0.449 e. The molecule has 0 saturated heterocycles. The van der Waals surface area contributed by atoms with Gasteiger partial charge in [0.25, 0.3) is 0 Å². The number of hydrogen-bond donors (Lipinski definition) is 1. The lowest BCUT2D eigenvalue weighted by Gasteiger charge is -2.17. The van der Waals surface area contributed by atoms with Crippen molar-refractivity contribution in [2.75, 3.05) is 6.61 Å². The molecule has 2 N–H and O–H groups in total. The zero-order valence-corrected chi connectivity index (χ0v) is 12.9. The van der Waals surface area contributed by atoms with E-state index in [0.717, 1.165) is 36.2 Å². The highest BCUT2D eigenvalue weighted by Gasteiger charge is 2.15. The summed E-state index contributed by atoms with van der Waals surface area (Å²) in [4.78, 5) is 19.5. The van der Waals surface area contributed by atoms with Crippen molar-refractivity contribution >= 4 is 17.5 Å². The number of primary amides is 1. The van der Waals surface area contributed by atoms with Crippen molar-refractivity contribution in [3.63, 3.8) is 0 Å². The fraction of sp³-hybridized carbons (Fsp3) is 0.278. The molecule has 1 aliphatic rings. The normalized spacial score (nSPS) is 15.2. The molecule has 0 spiro atoms. The number of nitrogens with zero attached hydrogens (tertiary/aromatic N) is 2. The van der Waals surface area contributed by atoms with Crippen LogP contribution in [0.1, 0.15) is 29.5 Å². The van der Waals surface area contributed by atoms with Crippen LogP contribution in [0, 0.1) is 0 Å². The molecule has 0 saturated carbocycles. The Morgan fingerprint density at radius 2 is 2.04 bits per heavy atom. The van der Waals surface area contributed by atoms with E-state index in [1.54, 1.807) is 0 Å². The van der Waals surface area contributed by atoms with Gasteiger partial charge in [0, 0.05) is 30.1 Å². The van der Waals surface area contributed by atoms with Crippen molar-refractivity contribution in [3.8, 4) is 0 Å². The van der Waals surface area contributed by atoms with Crippen LogP contribution in [0.15, 0.2) is 47.7 Å². The van der Waals surface area contributed by atoms with Crippen LogP contribution in [0.25, 0.3) is 0 Å². The summed E-state index contributed by atoms with van der Waals surface area (Å²) in [5.74, 6) is 0. The van der Waals surface area contributed by atoms with E-state index in [1.807, 2.05) is 42.7 Å². The molecular weight excluding hydrogens is 290 g/mol. The fourth-order valence-electron chi connectivity index (χ4n) is 2.77. The number of pyridine rings is 1. The predicted molar refractivity (Wildman–Crippen MR) is 89.1 cm³/mol. The molecular formula is C18H19N3O2. The SMILES string of the molecule is NC(=O)OCCc1ccc(/N=C2\CCCc3cnccc32)cc1. The molecule has 0 aliphatic heterocycles. The largest absolute Gasteiger partial charge is 0.449 e. The summed E-state index contributed by atoms with van der Waals surface area (Å²) in [5.41, 5.74) is 10.6. The number of aliphatic imine (C=N–C) groups is 1. The third kappa shape index (κ3) is 3.94. The van der Waals surface area contributed by atoms with Crippen LogP contribution < -0.4 is 5.73 Å². The Balaban J connectivity index is 1.72. The maximum Gasteiger partial charge on any atom is 0.404 e. The van der Waals surface area contributed by atoms with Crippen molar-refractivity contribution in [1.29, 1.82) is 0 Å². The van der Waals surface area contributed by atoms with Crippen molar-refractivity contribution in [3.05, 3.63) is 59.4 Å². The Morgan fingerprint density at radius 3 is 2.83 bits per heavy atom. The van der Waals surface area contributed by atoms with Gasteiger partial charge in [-0.1, -0.05) is 12.1 Å². The highest BCUT2D eigenvalue weighted by molar-refractivity contribution is 6.03. The Bertz CT molecular complexity index is 723. The molecule has 0 atom stereocenters. The molecule has 5 nitrogen and oxygen atoms in total. The van der Waals surface area contributed by atoms with Crippen LogP contribution >= 0.6 is 0 Å². The summed E-state index contributed by atoms with van der Waals surface area (Å²) in [7, 11) is 0. The van der Waals surface area contributed by atoms with Gasteiger partial charge in [0.05, 0.1) is 12.3 Å². The predicted octanol–water partition coefficient (Wildman–Crippen LogP) is 3.18. The smallest absolute Gasteiger partial charge is 0.404 e. The lowest BCUT2D eigenvalue weighted by molar-refractivity contribution is 0.158. The molecule has 3 rings (SSSR count). The maximum atomic E-state index is 10.5. The molecule has 1 aromatic carbocycles. The molecule has 1 aromatic heterocycles. The zero-order valence-electron chi connectivity index (χ0n) is 12.9. The summed E-state index contributed by atoms with van der Waals surface area (Å²) in [6.07, 6.45) is 6.84. The molecule has 23 heavy (non-hydrogen) atoms. The van der Waals surface area contributed by atoms with Crippen molar-refractivity contribution in [2.45, 2.75) is 25.7 Å². The second kappa shape index (κ2) is 7.05. The van der Waals surface area contributed by atoms with Gasteiger partial charge < -0.3 is 10.5 Å². The van der Waals surface area contributed by atoms with Gasteiger partial charge in [0.1, 0.15) is 0 Å². The number of aryl methyl sites for hydroxylation is 1. The number of rotatable bonds is 4. The molecule has 1 aliphatic carbocycles. The average molecular weight is 309 g/mol. The standard InChI is InChI=1S/C18H19N3O2/c19-18(22)23-11-9-13-4-6-15(7-5-13)21-17-3-1-2-14-12-20-10-8-16(14)17/h4-8,10,12H,1-3,9,11H2,(H2,19,22)/b21-17+. The topological polar surface area (TPSA) is 77.6 Å². The van der Waals surface area contributed by atoms with Crippen LogP contribution in [0.4, 0.5) is 10.5 Å². The number of hydrogen-bond acceptors (Lipinski definition) is 4. The molecule has 1 amide bonds. The first-order valence-corrected chi connectivity index (χ1v) is 7.74. The Labute approximate surface area is 135 Å². The first-order chi connectivity index (χ1) is 11.2. The lowest BCUT2D eigenvalue weighted by Crippen LogP contribution is -2.14. The van der Waals surface area contributed by atoms with Gasteiger partial charge in [-0.2, -0.15) is 0 Å². The lowest BCUT2D eigenvalue weighted by atomic mass is 9.91. The quantitative estimate of drug-likeness (QED) is 0.942. The summed E-state index contributed by atoms with van der Waals surface area (Å²) in [6, 6.07) is 10.0. The Kier molecular flexibility index (Phi) is 4.66. The highest BCUT2D eigenvalue weighted by Crippen LogP contribution is 2.24. The third-order valence-corrected chi connectivity index (χ3v) is 3.91. The Hall–Kier alpha value is -2.69. The van der Waals surface area contributed by atoms with Crippen LogP contribution in [0.3, 0.4) is 0 Å². The van der Waals surface area contributed by atoms with Gasteiger partial charge in [0.2, 0.25) is 0 Å². The molecule has 118 valence electrons. The minimum absolute atomic E-state index is 0.295. The monoisotopic (exact) mass is 309 g/mol. The number of nitrogens with two attached hydrogens (primary N) is 1. The van der Waals surface area contributed by atoms with Crippen LogP contribution in [0.2, 0.25) is 0 Å². The molecule has 0 radical (unpaired) electrons. The maximum absolute atomic E-state index is 10.5. The molecule has 0 unspecified atom stereocenters. The summed E-state index contributed by atoms with van der Waals surface area (Å²) in [6.45, 7) is 0.295. The molecule has 1 heterocycles. The summed E-state index contributed by atoms with van der Waals surface area (Å²) in [5, 5.41) is 0. The number of fused-ring (bicyclic) bond motifs is 1. The molecule has 2 aromatic rings. The average Bonchev–Trinajstić information content (AvgIpc) is 2.56. The van der Waals surface area contributed by atoms with Crippen LogP contribution in [-0.2, 0) is 17.6 Å². The second-order valence-corrected chi connectivity index (χ2v) is 5.53. The van der Waals surface area contributed by atoms with Gasteiger partial charge >= 0.3 is 6.09 Å². The van der Waals surface area contributed by atoms with Crippen LogP contribution in [-0.4, -0.2) is 23.4 Å². The summed E-state index contributed by atoms with van der Waals surface area (Å²) >= 11 is 0. The van der Waals surface area contributed by atoms with Crippen molar-refractivity contribution < 1.29 is 9.53 Å². The minimum atomic E-state index is -0.738. The highest BCUT2D eigenvalue weighted by atomic mass is 16.5. The van der Waals surface area contributed by atoms with Gasteiger partial charge in [-0.3, -0.25) is 9.98 Å². The van der Waals surface area contributed by atoms with E-state index in [-0.39, 0.29) is 0 Å². The van der Waals surface area contributed by atoms with E-state index in [4.69, 9.17) is 15.5 Å². The first-order valence-electron chi connectivity index (χ1n) is 7.74. The molecule has 0 bridgehead atoms. The number of carbonyl (C=O) groups excluding carboxylic acids is 1.